The van der Waals surface area contributed by atoms with Gasteiger partial charge in [-0.2, -0.15) is 0 Å². The van der Waals surface area contributed by atoms with Crippen molar-refractivity contribution in [3.63, 3.8) is 0 Å². The topological polar surface area (TPSA) is 96.0 Å². The summed E-state index contributed by atoms with van der Waals surface area (Å²) in [5.41, 5.74) is 0.882. The molecule has 0 heterocycles. The maximum Gasteiger partial charge on any atom is 0.244 e. The van der Waals surface area contributed by atoms with Gasteiger partial charge in [-0.15, -0.1) is 0 Å². The van der Waals surface area contributed by atoms with Crippen molar-refractivity contribution in [2.75, 3.05) is 17.1 Å². The van der Waals surface area contributed by atoms with E-state index in [0.29, 0.717) is 29.9 Å². The average Bonchev–Trinajstić information content (AvgIpc) is 2.93. The van der Waals surface area contributed by atoms with E-state index in [-0.39, 0.29) is 24.2 Å². The number of para-hydroxylation sites is 1. The summed E-state index contributed by atoms with van der Waals surface area (Å²) < 4.78 is 46.0. The second-order valence-corrected chi connectivity index (χ2v) is 11.5. The van der Waals surface area contributed by atoms with Crippen molar-refractivity contribution in [1.82, 2.24) is 10.2 Å². The van der Waals surface area contributed by atoms with Crippen molar-refractivity contribution in [1.29, 1.82) is 0 Å². The predicted molar refractivity (Wildman–Crippen MR) is 154 cm³/mol. The molecule has 1 N–H and O–H groups in total. The quantitative estimate of drug-likeness (QED) is 0.309. The first-order valence-electron chi connectivity index (χ1n) is 13.2. The van der Waals surface area contributed by atoms with Gasteiger partial charge in [-0.05, 0) is 73.9 Å². The van der Waals surface area contributed by atoms with E-state index in [1.807, 2.05) is 32.0 Å². The molecular formula is C30H36FN3O5S. The second kappa shape index (κ2) is 13.9. The third-order valence-electron chi connectivity index (χ3n) is 6.44. The summed E-state index contributed by atoms with van der Waals surface area (Å²) in [7, 11) is -3.88. The molecule has 0 aromatic heterocycles. The highest BCUT2D eigenvalue weighted by Gasteiger charge is 2.32. The van der Waals surface area contributed by atoms with Crippen LogP contribution in [0.4, 0.5) is 10.1 Å². The van der Waals surface area contributed by atoms with Crippen molar-refractivity contribution in [2.45, 2.75) is 52.2 Å². The van der Waals surface area contributed by atoms with E-state index in [1.54, 1.807) is 43.3 Å². The molecule has 3 aromatic rings. The Kier molecular flexibility index (Phi) is 10.7. The smallest absolute Gasteiger partial charge is 0.244 e. The fourth-order valence-corrected chi connectivity index (χ4v) is 4.92. The molecule has 40 heavy (non-hydrogen) atoms. The van der Waals surface area contributed by atoms with Gasteiger partial charge in [0.25, 0.3) is 0 Å². The number of nitrogens with one attached hydrogen (secondary N) is 1. The van der Waals surface area contributed by atoms with Crippen LogP contribution in [0.15, 0.2) is 78.9 Å². The maximum atomic E-state index is 13.8. The lowest BCUT2D eigenvalue weighted by Gasteiger charge is -2.33. The number of nitrogens with zero attached hydrogens (tertiary/aromatic N) is 2. The minimum absolute atomic E-state index is 0.00695. The molecule has 2 amide bonds. The monoisotopic (exact) mass is 569 g/mol. The van der Waals surface area contributed by atoms with Gasteiger partial charge in [-0.3, -0.25) is 13.9 Å². The van der Waals surface area contributed by atoms with E-state index in [0.717, 1.165) is 10.6 Å². The summed E-state index contributed by atoms with van der Waals surface area (Å²) >= 11 is 0. The minimum Gasteiger partial charge on any atom is -0.457 e. The number of rotatable bonds is 13. The van der Waals surface area contributed by atoms with Gasteiger partial charge in [-0.1, -0.05) is 44.2 Å². The lowest BCUT2D eigenvalue weighted by atomic mass is 10.1. The summed E-state index contributed by atoms with van der Waals surface area (Å²) in [6.07, 6.45) is 2.03. The summed E-state index contributed by atoms with van der Waals surface area (Å²) in [4.78, 5) is 28.3. The molecule has 0 saturated carbocycles. The zero-order chi connectivity index (χ0) is 29.3. The van der Waals surface area contributed by atoms with Crippen molar-refractivity contribution in [3.05, 3.63) is 90.2 Å². The van der Waals surface area contributed by atoms with Gasteiger partial charge < -0.3 is 15.0 Å². The first-order chi connectivity index (χ1) is 19.0. The van der Waals surface area contributed by atoms with Crippen LogP contribution in [0, 0.1) is 5.82 Å². The molecule has 0 aliphatic rings. The molecule has 0 unspecified atom stereocenters. The maximum absolute atomic E-state index is 13.8. The number of amides is 2. The number of hydrogen-bond donors (Lipinski definition) is 1. The van der Waals surface area contributed by atoms with Gasteiger partial charge in [0.05, 0.1) is 11.9 Å². The fourth-order valence-electron chi connectivity index (χ4n) is 4.07. The van der Waals surface area contributed by atoms with E-state index < -0.39 is 34.3 Å². The third kappa shape index (κ3) is 8.54. The molecule has 0 aliphatic carbocycles. The van der Waals surface area contributed by atoms with E-state index in [1.165, 1.54) is 29.2 Å². The van der Waals surface area contributed by atoms with Crippen LogP contribution in [0.3, 0.4) is 0 Å². The zero-order valence-electron chi connectivity index (χ0n) is 23.2. The molecular weight excluding hydrogens is 533 g/mol. The van der Waals surface area contributed by atoms with Gasteiger partial charge in [-0.25, -0.2) is 12.8 Å². The van der Waals surface area contributed by atoms with Crippen LogP contribution < -0.4 is 14.4 Å². The lowest BCUT2D eigenvalue weighted by molar-refractivity contribution is -0.140. The van der Waals surface area contributed by atoms with Crippen LogP contribution in [0.1, 0.15) is 39.2 Å². The molecule has 0 aliphatic heterocycles. The molecule has 10 heteroatoms. The van der Waals surface area contributed by atoms with E-state index in [2.05, 4.69) is 5.32 Å². The molecule has 8 nitrogen and oxygen atoms in total. The number of sulfonamides is 1. The highest BCUT2D eigenvalue weighted by molar-refractivity contribution is 7.92. The zero-order valence-corrected chi connectivity index (χ0v) is 24.0. The molecule has 0 fully saturated rings. The number of carbonyl (C=O) groups excluding carboxylic acids is 2. The number of ether oxygens (including phenoxy) is 1. The molecule has 3 aromatic carbocycles. The van der Waals surface area contributed by atoms with Crippen LogP contribution >= 0.6 is 0 Å². The van der Waals surface area contributed by atoms with Gasteiger partial charge in [0, 0.05) is 12.6 Å². The van der Waals surface area contributed by atoms with Crippen LogP contribution in [0.25, 0.3) is 0 Å². The van der Waals surface area contributed by atoms with E-state index in [4.69, 9.17) is 4.74 Å². The summed E-state index contributed by atoms with van der Waals surface area (Å²) in [5.74, 6) is -0.194. The van der Waals surface area contributed by atoms with Gasteiger partial charge in [0.15, 0.2) is 0 Å². The SMILES string of the molecule is CC[C@H](C(=O)N[C@@H](C)CC)N(Cc1ccc(F)cc1)C(=O)CN(c1ccc(Oc2ccccc2)cc1)S(C)(=O)=O. The highest BCUT2D eigenvalue weighted by Crippen LogP contribution is 2.26. The Morgan fingerprint density at radius 2 is 1.50 bits per heavy atom. The molecule has 0 spiro atoms. The Bertz CT molecular complexity index is 1370. The molecule has 214 valence electrons. The average molecular weight is 570 g/mol. The Morgan fingerprint density at radius 1 is 0.900 bits per heavy atom. The second-order valence-electron chi connectivity index (χ2n) is 9.57. The van der Waals surface area contributed by atoms with E-state index >= 15 is 0 Å². The number of carbonyl (C=O) groups is 2. The highest BCUT2D eigenvalue weighted by atomic mass is 32.2. The normalized spacial score (nSPS) is 12.7. The minimum atomic E-state index is -3.88. The first-order valence-corrected chi connectivity index (χ1v) is 15.0. The van der Waals surface area contributed by atoms with Crippen LogP contribution in [-0.2, 0) is 26.2 Å². The van der Waals surface area contributed by atoms with Crippen molar-refractivity contribution < 1.29 is 27.1 Å². The van der Waals surface area contributed by atoms with E-state index in [9.17, 15) is 22.4 Å². The number of hydrogen-bond acceptors (Lipinski definition) is 5. The van der Waals surface area contributed by atoms with Crippen molar-refractivity contribution >= 4 is 27.5 Å². The number of halogens is 1. The lowest BCUT2D eigenvalue weighted by Crippen LogP contribution is -2.53. The van der Waals surface area contributed by atoms with Crippen molar-refractivity contribution in [2.24, 2.45) is 0 Å². The number of anilines is 1. The van der Waals surface area contributed by atoms with Gasteiger partial charge in [0.1, 0.15) is 29.9 Å². The first kappa shape index (κ1) is 30.6. The Hall–Kier alpha value is -3.92. The predicted octanol–water partition coefficient (Wildman–Crippen LogP) is 5.11. The van der Waals surface area contributed by atoms with Gasteiger partial charge in [0.2, 0.25) is 21.8 Å². The van der Waals surface area contributed by atoms with Crippen LogP contribution in [0.5, 0.6) is 11.5 Å². The number of benzene rings is 3. The van der Waals surface area contributed by atoms with Crippen molar-refractivity contribution in [3.8, 4) is 11.5 Å². The Morgan fingerprint density at radius 3 is 2.05 bits per heavy atom. The third-order valence-corrected chi connectivity index (χ3v) is 7.58. The summed E-state index contributed by atoms with van der Waals surface area (Å²) in [6.45, 7) is 5.07. The molecule has 0 bridgehead atoms. The summed E-state index contributed by atoms with van der Waals surface area (Å²) in [6, 6.07) is 20.2. The fraction of sp³-hybridized carbons (Fsp3) is 0.333. The van der Waals surface area contributed by atoms with Gasteiger partial charge >= 0.3 is 0 Å². The van der Waals surface area contributed by atoms with Crippen LogP contribution in [0.2, 0.25) is 0 Å². The van der Waals surface area contributed by atoms with Crippen LogP contribution in [-0.4, -0.2) is 50.0 Å². The molecule has 3 rings (SSSR count). The Balaban J connectivity index is 1.89. The molecule has 0 saturated heterocycles. The summed E-state index contributed by atoms with van der Waals surface area (Å²) in [5, 5.41) is 2.91. The largest absolute Gasteiger partial charge is 0.457 e. The Labute approximate surface area is 235 Å². The molecule has 0 radical (unpaired) electrons. The standard InChI is InChI=1S/C30H36FN3O5S/c1-5-22(3)32-30(36)28(6-2)33(20-23-12-14-24(31)15-13-23)29(35)21-34(40(4,37)38)25-16-18-27(19-17-25)39-26-10-8-7-9-11-26/h7-19,22,28H,5-6,20-21H2,1-4H3,(H,32,36)/t22-,28+/m0/s1. The molecule has 2 atom stereocenters.